The summed E-state index contributed by atoms with van der Waals surface area (Å²) in [6.45, 7) is 3.79. The Morgan fingerprint density at radius 3 is 2.18 bits per heavy atom. The van der Waals surface area contributed by atoms with Crippen molar-refractivity contribution in [3.8, 4) is 0 Å². The smallest absolute Gasteiger partial charge is 0.255 e. The summed E-state index contributed by atoms with van der Waals surface area (Å²) in [6.07, 6.45) is 1.12. The number of aryl methyl sites for hydroxylation is 2. The SMILES string of the molecule is Cc1cc(C)c(NC(=O)c2ccc(S(C)(=O)=O)cc2)c(Cl)c1. The van der Waals surface area contributed by atoms with Crippen LogP contribution < -0.4 is 5.32 Å². The van der Waals surface area contributed by atoms with E-state index in [9.17, 15) is 13.2 Å². The number of halogens is 1. The second-order valence-electron chi connectivity index (χ2n) is 5.19. The molecule has 2 aromatic rings. The molecular weight excluding hydrogens is 322 g/mol. The second-order valence-corrected chi connectivity index (χ2v) is 7.61. The molecule has 22 heavy (non-hydrogen) atoms. The lowest BCUT2D eigenvalue weighted by molar-refractivity contribution is 0.102. The van der Waals surface area contributed by atoms with Gasteiger partial charge in [0.25, 0.3) is 5.91 Å². The van der Waals surface area contributed by atoms with Crippen molar-refractivity contribution < 1.29 is 13.2 Å². The van der Waals surface area contributed by atoms with Crippen LogP contribution in [0, 0.1) is 13.8 Å². The first kappa shape index (κ1) is 16.5. The zero-order chi connectivity index (χ0) is 16.5. The molecule has 0 atom stereocenters. The third-order valence-electron chi connectivity index (χ3n) is 3.21. The van der Waals surface area contributed by atoms with Crippen LogP contribution in [0.1, 0.15) is 21.5 Å². The van der Waals surface area contributed by atoms with Crippen molar-refractivity contribution >= 4 is 33.0 Å². The summed E-state index contributed by atoms with van der Waals surface area (Å²) in [6, 6.07) is 9.47. The van der Waals surface area contributed by atoms with Crippen molar-refractivity contribution in [3.05, 3.63) is 58.1 Å². The molecule has 4 nitrogen and oxygen atoms in total. The summed E-state index contributed by atoms with van der Waals surface area (Å²) < 4.78 is 22.8. The van der Waals surface area contributed by atoms with Crippen molar-refractivity contribution in [2.24, 2.45) is 0 Å². The summed E-state index contributed by atoms with van der Waals surface area (Å²) in [5, 5.41) is 3.23. The van der Waals surface area contributed by atoms with E-state index in [4.69, 9.17) is 11.6 Å². The number of benzene rings is 2. The van der Waals surface area contributed by atoms with E-state index < -0.39 is 9.84 Å². The quantitative estimate of drug-likeness (QED) is 0.930. The van der Waals surface area contributed by atoms with Gasteiger partial charge in [0.05, 0.1) is 15.6 Å². The highest BCUT2D eigenvalue weighted by atomic mass is 35.5. The number of nitrogens with one attached hydrogen (secondary N) is 1. The fraction of sp³-hybridized carbons (Fsp3) is 0.188. The zero-order valence-corrected chi connectivity index (χ0v) is 14.0. The van der Waals surface area contributed by atoms with Gasteiger partial charge in [-0.1, -0.05) is 17.7 Å². The van der Waals surface area contributed by atoms with Gasteiger partial charge in [-0.2, -0.15) is 0 Å². The Morgan fingerprint density at radius 1 is 1.09 bits per heavy atom. The van der Waals surface area contributed by atoms with Gasteiger partial charge in [-0.15, -0.1) is 0 Å². The maximum absolute atomic E-state index is 12.2. The van der Waals surface area contributed by atoms with Crippen molar-refractivity contribution in [1.82, 2.24) is 0 Å². The standard InChI is InChI=1S/C16H16ClNO3S/c1-10-8-11(2)15(14(17)9-10)18-16(19)12-4-6-13(7-5-12)22(3,20)21/h4-9H,1-3H3,(H,18,19). The number of anilines is 1. The summed E-state index contributed by atoms with van der Waals surface area (Å²) in [4.78, 5) is 12.4. The van der Waals surface area contributed by atoms with E-state index in [0.717, 1.165) is 17.4 Å². The number of amides is 1. The van der Waals surface area contributed by atoms with Gasteiger partial charge in [0.15, 0.2) is 9.84 Å². The average Bonchev–Trinajstić information content (AvgIpc) is 2.41. The molecule has 0 aliphatic rings. The monoisotopic (exact) mass is 337 g/mol. The van der Waals surface area contributed by atoms with E-state index in [-0.39, 0.29) is 10.8 Å². The van der Waals surface area contributed by atoms with Gasteiger partial charge in [0, 0.05) is 11.8 Å². The van der Waals surface area contributed by atoms with Crippen LogP contribution in [0.2, 0.25) is 5.02 Å². The molecule has 0 heterocycles. The predicted molar refractivity (Wildman–Crippen MR) is 88.4 cm³/mol. The molecule has 0 bridgehead atoms. The number of rotatable bonds is 3. The first-order valence-corrected chi connectivity index (χ1v) is 8.83. The number of carbonyl (C=O) groups is 1. The molecule has 2 aromatic carbocycles. The maximum atomic E-state index is 12.2. The molecule has 0 spiro atoms. The van der Waals surface area contributed by atoms with Crippen LogP contribution >= 0.6 is 11.6 Å². The number of hydrogen-bond donors (Lipinski definition) is 1. The van der Waals surface area contributed by atoms with E-state index in [0.29, 0.717) is 16.3 Å². The molecule has 0 aliphatic heterocycles. The number of hydrogen-bond acceptors (Lipinski definition) is 3. The van der Waals surface area contributed by atoms with Crippen LogP contribution in [0.25, 0.3) is 0 Å². The minimum atomic E-state index is -3.28. The van der Waals surface area contributed by atoms with Crippen molar-refractivity contribution in [2.45, 2.75) is 18.7 Å². The molecule has 0 unspecified atom stereocenters. The Hall–Kier alpha value is -1.85. The van der Waals surface area contributed by atoms with E-state index >= 15 is 0 Å². The normalized spacial score (nSPS) is 11.3. The van der Waals surface area contributed by atoms with Gasteiger partial charge in [-0.25, -0.2) is 8.42 Å². The van der Waals surface area contributed by atoms with E-state index in [1.54, 1.807) is 6.07 Å². The van der Waals surface area contributed by atoms with Crippen LogP contribution in [-0.2, 0) is 9.84 Å². The maximum Gasteiger partial charge on any atom is 0.255 e. The predicted octanol–water partition coefficient (Wildman–Crippen LogP) is 3.61. The molecule has 6 heteroatoms. The molecule has 0 saturated heterocycles. The highest BCUT2D eigenvalue weighted by Gasteiger charge is 2.13. The molecular formula is C16H16ClNO3S. The minimum absolute atomic E-state index is 0.175. The lowest BCUT2D eigenvalue weighted by Gasteiger charge is -2.11. The molecule has 0 aromatic heterocycles. The van der Waals surface area contributed by atoms with Crippen molar-refractivity contribution in [2.75, 3.05) is 11.6 Å². The van der Waals surface area contributed by atoms with Crippen LogP contribution in [-0.4, -0.2) is 20.6 Å². The van der Waals surface area contributed by atoms with Crippen LogP contribution in [0.15, 0.2) is 41.3 Å². The third kappa shape index (κ3) is 3.67. The molecule has 0 saturated carbocycles. The van der Waals surface area contributed by atoms with Gasteiger partial charge in [0.2, 0.25) is 0 Å². The largest absolute Gasteiger partial charge is 0.320 e. The van der Waals surface area contributed by atoms with E-state index in [1.807, 2.05) is 19.9 Å². The molecule has 116 valence electrons. The van der Waals surface area contributed by atoms with Gasteiger partial charge in [-0.3, -0.25) is 4.79 Å². The second kappa shape index (κ2) is 6.10. The number of carbonyl (C=O) groups excluding carboxylic acids is 1. The molecule has 0 fully saturated rings. The van der Waals surface area contributed by atoms with Crippen LogP contribution in [0.5, 0.6) is 0 Å². The Kier molecular flexibility index (Phi) is 4.58. The fourth-order valence-electron chi connectivity index (χ4n) is 2.11. The Labute approximate surface area is 135 Å². The topological polar surface area (TPSA) is 63.2 Å². The van der Waals surface area contributed by atoms with Gasteiger partial charge >= 0.3 is 0 Å². The van der Waals surface area contributed by atoms with Crippen LogP contribution in [0.3, 0.4) is 0 Å². The van der Waals surface area contributed by atoms with E-state index in [1.165, 1.54) is 24.3 Å². The Balaban J connectivity index is 2.27. The zero-order valence-electron chi connectivity index (χ0n) is 12.5. The highest BCUT2D eigenvalue weighted by molar-refractivity contribution is 7.90. The number of sulfone groups is 1. The van der Waals surface area contributed by atoms with E-state index in [2.05, 4.69) is 5.32 Å². The minimum Gasteiger partial charge on any atom is -0.320 e. The van der Waals surface area contributed by atoms with Gasteiger partial charge in [-0.05, 0) is 55.3 Å². The van der Waals surface area contributed by atoms with Gasteiger partial charge < -0.3 is 5.32 Å². The first-order chi connectivity index (χ1) is 10.2. The lowest BCUT2D eigenvalue weighted by atomic mass is 10.1. The summed E-state index contributed by atoms with van der Waals surface area (Å²) in [5.74, 6) is -0.339. The summed E-state index contributed by atoms with van der Waals surface area (Å²) in [7, 11) is -3.28. The highest BCUT2D eigenvalue weighted by Crippen LogP contribution is 2.27. The van der Waals surface area contributed by atoms with Gasteiger partial charge in [0.1, 0.15) is 0 Å². The summed E-state index contributed by atoms with van der Waals surface area (Å²) in [5.41, 5.74) is 2.80. The molecule has 1 amide bonds. The lowest BCUT2D eigenvalue weighted by Crippen LogP contribution is -2.13. The Morgan fingerprint density at radius 2 is 1.68 bits per heavy atom. The van der Waals surface area contributed by atoms with Crippen LogP contribution in [0.4, 0.5) is 5.69 Å². The first-order valence-electron chi connectivity index (χ1n) is 6.56. The average molecular weight is 338 g/mol. The van der Waals surface area contributed by atoms with Crippen molar-refractivity contribution in [1.29, 1.82) is 0 Å². The Bertz CT molecular complexity index is 804. The molecule has 0 aliphatic carbocycles. The molecule has 2 rings (SSSR count). The summed E-state index contributed by atoms with van der Waals surface area (Å²) >= 11 is 6.16. The fourth-order valence-corrected chi connectivity index (χ4v) is 3.11. The van der Waals surface area contributed by atoms with Crippen molar-refractivity contribution in [3.63, 3.8) is 0 Å². The third-order valence-corrected chi connectivity index (χ3v) is 4.64. The molecule has 0 radical (unpaired) electrons. The molecule has 1 N–H and O–H groups in total.